The van der Waals surface area contributed by atoms with Crippen LogP contribution in [0.2, 0.25) is 0 Å². The van der Waals surface area contributed by atoms with Crippen LogP contribution in [0.4, 0.5) is 5.69 Å². The second kappa shape index (κ2) is 8.50. The third-order valence-corrected chi connectivity index (χ3v) is 4.94. The number of hydrogen-bond donors (Lipinski definition) is 2. The van der Waals surface area contributed by atoms with Gasteiger partial charge in [-0.05, 0) is 48.9 Å². The maximum absolute atomic E-state index is 12.1. The van der Waals surface area contributed by atoms with E-state index in [1.54, 1.807) is 42.9 Å². The summed E-state index contributed by atoms with van der Waals surface area (Å²) in [4.78, 5) is 33.4. The van der Waals surface area contributed by atoms with Gasteiger partial charge in [0.15, 0.2) is 5.16 Å². The number of hydrogen-bond acceptors (Lipinski definition) is 5. The minimum Gasteiger partial charge on any atom is -0.341 e. The minimum atomic E-state index is -0.708. The standard InChI is InChI=1S/C19H19N5O2S/c1-13(14-7-9-20-10-8-14)22-17(25)18(26)23-15-3-5-16(6-4-15)27-19-21-11-12-24(19)2/h3-13H,1-2H3,(H,22,25)(H,23,26). The predicted octanol–water partition coefficient (Wildman–Crippen LogP) is 2.78. The lowest BCUT2D eigenvalue weighted by Crippen LogP contribution is -2.36. The Morgan fingerprint density at radius 2 is 1.74 bits per heavy atom. The molecule has 138 valence electrons. The highest BCUT2D eigenvalue weighted by Gasteiger charge is 2.17. The maximum Gasteiger partial charge on any atom is 0.313 e. The van der Waals surface area contributed by atoms with Crippen LogP contribution < -0.4 is 10.6 Å². The van der Waals surface area contributed by atoms with Gasteiger partial charge >= 0.3 is 11.8 Å². The van der Waals surface area contributed by atoms with E-state index in [1.165, 1.54) is 11.8 Å². The van der Waals surface area contributed by atoms with Crippen molar-refractivity contribution in [2.75, 3.05) is 5.32 Å². The van der Waals surface area contributed by atoms with Crippen LogP contribution in [0.1, 0.15) is 18.5 Å². The highest BCUT2D eigenvalue weighted by Crippen LogP contribution is 2.26. The van der Waals surface area contributed by atoms with Crippen molar-refractivity contribution >= 4 is 29.3 Å². The number of nitrogens with one attached hydrogen (secondary N) is 2. The number of carbonyl (C=O) groups is 2. The SMILES string of the molecule is CC(NC(=O)C(=O)Nc1ccc(Sc2nccn2C)cc1)c1ccncc1. The van der Waals surface area contributed by atoms with Gasteiger partial charge in [-0.25, -0.2) is 4.98 Å². The quantitative estimate of drug-likeness (QED) is 0.664. The Balaban J connectivity index is 1.55. The molecule has 8 heteroatoms. The third-order valence-electron chi connectivity index (χ3n) is 3.86. The first-order valence-electron chi connectivity index (χ1n) is 8.30. The van der Waals surface area contributed by atoms with E-state index < -0.39 is 11.8 Å². The molecule has 2 aromatic heterocycles. The van der Waals surface area contributed by atoms with E-state index in [4.69, 9.17) is 0 Å². The zero-order valence-corrected chi connectivity index (χ0v) is 15.7. The molecule has 2 heterocycles. The third kappa shape index (κ3) is 4.95. The summed E-state index contributed by atoms with van der Waals surface area (Å²) >= 11 is 1.52. The topological polar surface area (TPSA) is 88.9 Å². The molecule has 0 radical (unpaired) electrons. The minimum absolute atomic E-state index is 0.289. The molecule has 2 amide bonds. The van der Waals surface area contributed by atoms with Gasteiger partial charge in [0.1, 0.15) is 0 Å². The molecular formula is C19H19N5O2S. The van der Waals surface area contributed by atoms with E-state index in [-0.39, 0.29) is 6.04 Å². The summed E-state index contributed by atoms with van der Waals surface area (Å²) in [5, 5.41) is 6.14. The summed E-state index contributed by atoms with van der Waals surface area (Å²) in [6, 6.07) is 10.5. The Hall–Kier alpha value is -3.13. The lowest BCUT2D eigenvalue weighted by molar-refractivity contribution is -0.136. The zero-order chi connectivity index (χ0) is 19.2. The second-order valence-corrected chi connectivity index (χ2v) is 6.92. The number of nitrogens with zero attached hydrogens (tertiary/aromatic N) is 3. The Kier molecular flexibility index (Phi) is 5.87. The van der Waals surface area contributed by atoms with Crippen molar-refractivity contribution in [2.24, 2.45) is 7.05 Å². The number of aromatic nitrogens is 3. The first-order chi connectivity index (χ1) is 13.0. The molecular weight excluding hydrogens is 362 g/mol. The molecule has 1 unspecified atom stereocenters. The number of aryl methyl sites for hydroxylation is 1. The molecule has 0 bridgehead atoms. The molecule has 2 N–H and O–H groups in total. The maximum atomic E-state index is 12.1. The van der Waals surface area contributed by atoms with Gasteiger partial charge in [-0.15, -0.1) is 0 Å². The van der Waals surface area contributed by atoms with Crippen molar-refractivity contribution in [3.05, 3.63) is 66.7 Å². The lowest BCUT2D eigenvalue weighted by Gasteiger charge is -2.14. The van der Waals surface area contributed by atoms with Crippen LogP contribution in [0.3, 0.4) is 0 Å². The average molecular weight is 381 g/mol. The molecule has 0 aliphatic rings. The van der Waals surface area contributed by atoms with Crippen LogP contribution in [-0.2, 0) is 16.6 Å². The largest absolute Gasteiger partial charge is 0.341 e. The molecule has 0 aliphatic carbocycles. The molecule has 0 saturated carbocycles. The van der Waals surface area contributed by atoms with Gasteiger partial charge in [-0.2, -0.15) is 0 Å². The van der Waals surface area contributed by atoms with Gasteiger partial charge in [0.25, 0.3) is 0 Å². The number of rotatable bonds is 5. The summed E-state index contributed by atoms with van der Waals surface area (Å²) in [5.41, 5.74) is 1.43. The van der Waals surface area contributed by atoms with Gasteiger partial charge in [-0.1, -0.05) is 11.8 Å². The van der Waals surface area contributed by atoms with E-state index in [1.807, 2.05) is 36.9 Å². The van der Waals surface area contributed by atoms with E-state index >= 15 is 0 Å². The van der Waals surface area contributed by atoms with E-state index in [2.05, 4.69) is 20.6 Å². The Bertz CT molecular complexity index is 925. The first-order valence-corrected chi connectivity index (χ1v) is 9.11. The summed E-state index contributed by atoms with van der Waals surface area (Å²) in [6.07, 6.45) is 6.90. The Morgan fingerprint density at radius 3 is 2.37 bits per heavy atom. The smallest absolute Gasteiger partial charge is 0.313 e. The number of imidazole rings is 1. The van der Waals surface area contributed by atoms with Crippen LogP contribution in [0.25, 0.3) is 0 Å². The summed E-state index contributed by atoms with van der Waals surface area (Å²) in [6.45, 7) is 1.81. The van der Waals surface area contributed by atoms with Crippen molar-refractivity contribution in [3.63, 3.8) is 0 Å². The number of carbonyl (C=O) groups excluding carboxylic acids is 2. The fourth-order valence-electron chi connectivity index (χ4n) is 2.35. The molecule has 0 aliphatic heterocycles. The van der Waals surface area contributed by atoms with Crippen LogP contribution >= 0.6 is 11.8 Å². The molecule has 1 atom stereocenters. The van der Waals surface area contributed by atoms with Crippen molar-refractivity contribution in [1.29, 1.82) is 0 Å². The van der Waals surface area contributed by atoms with E-state index in [0.29, 0.717) is 5.69 Å². The van der Waals surface area contributed by atoms with Crippen LogP contribution in [0.5, 0.6) is 0 Å². The van der Waals surface area contributed by atoms with Crippen molar-refractivity contribution in [3.8, 4) is 0 Å². The molecule has 27 heavy (non-hydrogen) atoms. The van der Waals surface area contributed by atoms with Crippen molar-refractivity contribution < 1.29 is 9.59 Å². The van der Waals surface area contributed by atoms with Crippen LogP contribution in [0, 0.1) is 0 Å². The first kappa shape index (κ1) is 18.7. The van der Waals surface area contributed by atoms with Gasteiger partial charge in [0.2, 0.25) is 0 Å². The number of amides is 2. The van der Waals surface area contributed by atoms with Gasteiger partial charge in [0, 0.05) is 42.4 Å². The van der Waals surface area contributed by atoms with Crippen molar-refractivity contribution in [1.82, 2.24) is 19.9 Å². The fourth-order valence-corrected chi connectivity index (χ4v) is 3.15. The van der Waals surface area contributed by atoms with Crippen LogP contribution in [0.15, 0.2) is 71.2 Å². The normalized spacial score (nSPS) is 11.6. The molecule has 3 rings (SSSR count). The van der Waals surface area contributed by atoms with Gasteiger partial charge in [-0.3, -0.25) is 14.6 Å². The van der Waals surface area contributed by atoms with E-state index in [9.17, 15) is 9.59 Å². The monoisotopic (exact) mass is 381 g/mol. The highest BCUT2D eigenvalue weighted by molar-refractivity contribution is 7.99. The predicted molar refractivity (Wildman–Crippen MR) is 103 cm³/mol. The summed E-state index contributed by atoms with van der Waals surface area (Å²) in [7, 11) is 1.93. The zero-order valence-electron chi connectivity index (χ0n) is 14.9. The van der Waals surface area contributed by atoms with Gasteiger partial charge < -0.3 is 15.2 Å². The molecule has 0 spiro atoms. The molecule has 3 aromatic rings. The molecule has 7 nitrogen and oxygen atoms in total. The molecule has 1 aromatic carbocycles. The summed E-state index contributed by atoms with van der Waals surface area (Å²) < 4.78 is 1.93. The second-order valence-electron chi connectivity index (χ2n) is 5.88. The number of anilines is 1. The van der Waals surface area contributed by atoms with E-state index in [0.717, 1.165) is 15.6 Å². The Morgan fingerprint density at radius 1 is 1.04 bits per heavy atom. The lowest BCUT2D eigenvalue weighted by atomic mass is 10.1. The van der Waals surface area contributed by atoms with Crippen molar-refractivity contribution in [2.45, 2.75) is 23.0 Å². The van der Waals surface area contributed by atoms with Crippen LogP contribution in [-0.4, -0.2) is 26.3 Å². The number of benzene rings is 1. The fraction of sp³-hybridized carbons (Fsp3) is 0.158. The molecule has 0 saturated heterocycles. The highest BCUT2D eigenvalue weighted by atomic mass is 32.2. The number of pyridine rings is 1. The molecule has 0 fully saturated rings. The Labute approximate surface area is 161 Å². The summed E-state index contributed by atoms with van der Waals surface area (Å²) in [5.74, 6) is -1.40. The average Bonchev–Trinajstić information content (AvgIpc) is 3.08. The van der Waals surface area contributed by atoms with Gasteiger partial charge in [0.05, 0.1) is 6.04 Å².